The van der Waals surface area contributed by atoms with Crippen molar-refractivity contribution in [3.05, 3.63) is 24.0 Å². The van der Waals surface area contributed by atoms with Crippen LogP contribution in [0.2, 0.25) is 0 Å². The number of hydrogen-bond acceptors (Lipinski definition) is 5. The van der Waals surface area contributed by atoms with Gasteiger partial charge in [0.25, 0.3) is 0 Å². The summed E-state index contributed by atoms with van der Waals surface area (Å²) in [7, 11) is 0. The molecule has 2 aliphatic heterocycles. The van der Waals surface area contributed by atoms with E-state index in [2.05, 4.69) is 23.8 Å². The first-order valence-electron chi connectivity index (χ1n) is 8.75. The van der Waals surface area contributed by atoms with Crippen LogP contribution in [0.4, 0.5) is 0 Å². The minimum Gasteiger partial charge on any atom is -0.381 e. The van der Waals surface area contributed by atoms with Gasteiger partial charge in [-0.25, -0.2) is 4.68 Å². The molecule has 24 heavy (non-hydrogen) atoms. The third kappa shape index (κ3) is 3.37. The van der Waals surface area contributed by atoms with Crippen molar-refractivity contribution in [2.45, 2.75) is 38.8 Å². The molecule has 2 aliphatic rings. The molecular formula is C17H26N4O3. The molecule has 0 spiro atoms. The standard InChI is InChI=1S/C17H26N4O3/c1-3-9-24-12-15-16-14(21(4-2)19-18-16)5-8-20(15)17(22)13-6-10-23-11-7-13/h3,13,15H,1,4-12H2,2H3/t15-/m0/s1. The molecule has 1 aromatic heterocycles. The largest absolute Gasteiger partial charge is 0.381 e. The number of amides is 1. The number of aromatic nitrogens is 3. The maximum Gasteiger partial charge on any atom is 0.226 e. The number of aryl methyl sites for hydroxylation is 1. The monoisotopic (exact) mass is 334 g/mol. The zero-order valence-electron chi connectivity index (χ0n) is 14.3. The Morgan fingerprint density at radius 2 is 2.25 bits per heavy atom. The summed E-state index contributed by atoms with van der Waals surface area (Å²) in [6, 6.07) is -0.163. The van der Waals surface area contributed by atoms with Gasteiger partial charge in [0, 0.05) is 38.6 Å². The number of ether oxygens (including phenoxy) is 2. The van der Waals surface area contributed by atoms with Gasteiger partial charge in [0.05, 0.1) is 18.9 Å². The van der Waals surface area contributed by atoms with Gasteiger partial charge in [-0.3, -0.25) is 4.79 Å². The lowest BCUT2D eigenvalue weighted by Crippen LogP contribution is -2.46. The summed E-state index contributed by atoms with van der Waals surface area (Å²) >= 11 is 0. The fraction of sp³-hybridized carbons (Fsp3) is 0.706. The molecule has 132 valence electrons. The summed E-state index contributed by atoms with van der Waals surface area (Å²) in [5, 5.41) is 8.59. The second kappa shape index (κ2) is 7.90. The molecule has 1 atom stereocenters. The van der Waals surface area contributed by atoms with Gasteiger partial charge in [0.2, 0.25) is 5.91 Å². The summed E-state index contributed by atoms with van der Waals surface area (Å²) in [5.74, 6) is 0.241. The normalized spacial score (nSPS) is 21.5. The van der Waals surface area contributed by atoms with Crippen LogP contribution in [0.1, 0.15) is 37.2 Å². The van der Waals surface area contributed by atoms with Crippen LogP contribution < -0.4 is 0 Å². The highest BCUT2D eigenvalue weighted by molar-refractivity contribution is 5.79. The van der Waals surface area contributed by atoms with Crippen molar-refractivity contribution in [1.82, 2.24) is 19.9 Å². The van der Waals surface area contributed by atoms with Crippen LogP contribution in [0.15, 0.2) is 12.7 Å². The van der Waals surface area contributed by atoms with Crippen molar-refractivity contribution in [1.29, 1.82) is 0 Å². The van der Waals surface area contributed by atoms with Gasteiger partial charge < -0.3 is 14.4 Å². The molecule has 0 saturated carbocycles. The van der Waals surface area contributed by atoms with E-state index in [9.17, 15) is 4.79 Å². The first-order chi connectivity index (χ1) is 11.8. The number of carbonyl (C=O) groups excluding carboxylic acids is 1. The van der Waals surface area contributed by atoms with E-state index in [0.717, 1.165) is 37.2 Å². The van der Waals surface area contributed by atoms with Gasteiger partial charge in [-0.2, -0.15) is 0 Å². The Bertz CT molecular complexity index is 580. The lowest BCUT2D eigenvalue weighted by atomic mass is 9.95. The molecule has 1 fully saturated rings. The Morgan fingerprint density at radius 1 is 1.46 bits per heavy atom. The molecule has 0 N–H and O–H groups in total. The summed E-state index contributed by atoms with van der Waals surface area (Å²) in [5.41, 5.74) is 2.01. The molecule has 3 heterocycles. The number of fused-ring (bicyclic) bond motifs is 1. The summed E-state index contributed by atoms with van der Waals surface area (Å²) in [6.07, 6.45) is 4.11. The van der Waals surface area contributed by atoms with Gasteiger partial charge in [-0.15, -0.1) is 11.7 Å². The fourth-order valence-electron chi connectivity index (χ4n) is 3.52. The Kier molecular flexibility index (Phi) is 5.63. The average Bonchev–Trinajstić information content (AvgIpc) is 3.05. The molecule has 1 saturated heterocycles. The second-order valence-corrected chi connectivity index (χ2v) is 6.25. The van der Waals surface area contributed by atoms with E-state index in [-0.39, 0.29) is 17.9 Å². The highest BCUT2D eigenvalue weighted by Gasteiger charge is 2.37. The molecular weight excluding hydrogens is 308 g/mol. The Morgan fingerprint density at radius 3 is 2.96 bits per heavy atom. The SMILES string of the molecule is C=CCOC[C@H]1c2nnn(CC)c2CCN1C(=O)C1CCOCC1. The summed E-state index contributed by atoms with van der Waals surface area (Å²) in [6.45, 7) is 9.44. The molecule has 0 bridgehead atoms. The quantitative estimate of drug-likeness (QED) is 0.580. The van der Waals surface area contributed by atoms with E-state index in [1.807, 2.05) is 9.58 Å². The van der Waals surface area contributed by atoms with Crippen molar-refractivity contribution >= 4 is 5.91 Å². The third-order valence-corrected chi connectivity index (χ3v) is 4.81. The zero-order chi connectivity index (χ0) is 16.9. The van der Waals surface area contributed by atoms with Gasteiger partial charge in [-0.1, -0.05) is 11.3 Å². The van der Waals surface area contributed by atoms with E-state index in [1.54, 1.807) is 6.08 Å². The molecule has 1 amide bonds. The number of rotatable bonds is 6. The van der Waals surface area contributed by atoms with E-state index >= 15 is 0 Å². The van der Waals surface area contributed by atoms with Crippen molar-refractivity contribution in [2.75, 3.05) is 33.0 Å². The Balaban J connectivity index is 1.81. The average molecular weight is 334 g/mol. The van der Waals surface area contributed by atoms with Crippen molar-refractivity contribution in [3.8, 4) is 0 Å². The van der Waals surface area contributed by atoms with Crippen molar-refractivity contribution in [3.63, 3.8) is 0 Å². The number of nitrogens with zero attached hydrogens (tertiary/aromatic N) is 4. The summed E-state index contributed by atoms with van der Waals surface area (Å²) < 4.78 is 13.0. The predicted molar refractivity (Wildman–Crippen MR) is 88.4 cm³/mol. The predicted octanol–water partition coefficient (Wildman–Crippen LogP) is 1.35. The van der Waals surface area contributed by atoms with Gasteiger partial charge in [0.1, 0.15) is 11.7 Å². The highest BCUT2D eigenvalue weighted by Crippen LogP contribution is 2.31. The molecule has 0 radical (unpaired) electrons. The van der Waals surface area contributed by atoms with Crippen LogP contribution in [-0.4, -0.2) is 58.8 Å². The van der Waals surface area contributed by atoms with E-state index in [0.29, 0.717) is 33.0 Å². The Labute approximate surface area is 142 Å². The highest BCUT2D eigenvalue weighted by atomic mass is 16.5. The Hall–Kier alpha value is -1.73. The van der Waals surface area contributed by atoms with Crippen LogP contribution in [-0.2, 0) is 27.2 Å². The van der Waals surface area contributed by atoms with E-state index in [1.165, 1.54) is 0 Å². The maximum atomic E-state index is 13.0. The first kappa shape index (κ1) is 17.1. The number of hydrogen-bond donors (Lipinski definition) is 0. The van der Waals surface area contributed by atoms with Gasteiger partial charge in [0.15, 0.2) is 0 Å². The molecule has 3 rings (SSSR count). The molecule has 0 aliphatic carbocycles. The van der Waals surface area contributed by atoms with E-state index < -0.39 is 0 Å². The molecule has 7 nitrogen and oxygen atoms in total. The molecule has 0 unspecified atom stereocenters. The van der Waals surface area contributed by atoms with Crippen LogP contribution in [0.3, 0.4) is 0 Å². The molecule has 7 heteroatoms. The molecule has 1 aromatic rings. The number of carbonyl (C=O) groups is 1. The first-order valence-corrected chi connectivity index (χ1v) is 8.75. The minimum absolute atomic E-state index is 0.0448. The molecule has 0 aromatic carbocycles. The van der Waals surface area contributed by atoms with Crippen LogP contribution in [0, 0.1) is 5.92 Å². The third-order valence-electron chi connectivity index (χ3n) is 4.81. The lowest BCUT2D eigenvalue weighted by molar-refractivity contribution is -0.143. The summed E-state index contributed by atoms with van der Waals surface area (Å²) in [4.78, 5) is 15.0. The fourth-order valence-corrected chi connectivity index (χ4v) is 3.52. The van der Waals surface area contributed by atoms with Crippen molar-refractivity contribution in [2.24, 2.45) is 5.92 Å². The topological polar surface area (TPSA) is 69.5 Å². The maximum absolute atomic E-state index is 13.0. The van der Waals surface area contributed by atoms with Gasteiger partial charge in [-0.05, 0) is 19.8 Å². The second-order valence-electron chi connectivity index (χ2n) is 6.25. The van der Waals surface area contributed by atoms with Gasteiger partial charge >= 0.3 is 0 Å². The van der Waals surface area contributed by atoms with E-state index in [4.69, 9.17) is 9.47 Å². The minimum atomic E-state index is -0.163. The smallest absolute Gasteiger partial charge is 0.226 e. The van der Waals surface area contributed by atoms with Crippen LogP contribution in [0.5, 0.6) is 0 Å². The van der Waals surface area contributed by atoms with Crippen molar-refractivity contribution < 1.29 is 14.3 Å². The lowest BCUT2D eigenvalue weighted by Gasteiger charge is -2.37. The van der Waals surface area contributed by atoms with Crippen LogP contribution >= 0.6 is 0 Å². The zero-order valence-corrected chi connectivity index (χ0v) is 14.3. The van der Waals surface area contributed by atoms with Crippen LogP contribution in [0.25, 0.3) is 0 Å².